The second kappa shape index (κ2) is 3.05. The first-order chi connectivity index (χ1) is 5.04. The fourth-order valence-electron chi connectivity index (χ4n) is 0.976. The van der Waals surface area contributed by atoms with E-state index in [1.54, 1.807) is 13.8 Å². The summed E-state index contributed by atoms with van der Waals surface area (Å²) in [6.45, 7) is 3.47. The van der Waals surface area contributed by atoms with Crippen LogP contribution in [0.1, 0.15) is 13.8 Å². The summed E-state index contributed by atoms with van der Waals surface area (Å²) < 4.78 is 1.30. The molecule has 3 nitrogen and oxygen atoms in total. The highest BCUT2D eigenvalue weighted by Crippen LogP contribution is 2.28. The topological polar surface area (TPSA) is 29.5 Å². The maximum atomic E-state index is 10.8. The lowest BCUT2D eigenvalue weighted by Crippen LogP contribution is -2.20. The van der Waals surface area contributed by atoms with Crippen LogP contribution >= 0.6 is 24.4 Å². The Morgan fingerprint density at radius 3 is 2.55 bits per heavy atom. The Morgan fingerprint density at radius 1 is 1.82 bits per heavy atom. The third-order valence-electron chi connectivity index (χ3n) is 1.57. The van der Waals surface area contributed by atoms with Gasteiger partial charge >= 0.3 is 0 Å². The first-order valence-electron chi connectivity index (χ1n) is 3.10. The fraction of sp³-hybridized carbons (Fsp3) is 0.500. The van der Waals surface area contributed by atoms with Crippen LogP contribution in [-0.2, 0) is 9.63 Å². The largest absolute Gasteiger partial charge is 0.399 e. The van der Waals surface area contributed by atoms with Gasteiger partial charge in [0.25, 0.3) is 5.24 Å². The molecule has 0 saturated heterocycles. The van der Waals surface area contributed by atoms with Crippen LogP contribution in [0.4, 0.5) is 0 Å². The van der Waals surface area contributed by atoms with Gasteiger partial charge in [0.05, 0.1) is 11.6 Å². The van der Waals surface area contributed by atoms with E-state index >= 15 is 0 Å². The Hall–Kier alpha value is -0.190. The third-order valence-corrected chi connectivity index (χ3v) is 2.20. The molecule has 1 atom stereocenters. The van der Waals surface area contributed by atoms with Gasteiger partial charge in [-0.3, -0.25) is 4.79 Å². The van der Waals surface area contributed by atoms with Crippen molar-refractivity contribution in [3.05, 3.63) is 11.3 Å². The van der Waals surface area contributed by atoms with Gasteiger partial charge in [-0.1, -0.05) is 17.3 Å². The zero-order valence-electron chi connectivity index (χ0n) is 6.17. The fourth-order valence-corrected chi connectivity index (χ4v) is 1.50. The quantitative estimate of drug-likeness (QED) is 0.506. The highest BCUT2D eigenvalue weighted by molar-refractivity contribution is 7.77. The molecule has 0 bridgehead atoms. The van der Waals surface area contributed by atoms with Gasteiger partial charge in [-0.15, -0.1) is 0 Å². The molecule has 0 radical (unpaired) electrons. The van der Waals surface area contributed by atoms with Crippen LogP contribution in [0.15, 0.2) is 11.3 Å². The van der Waals surface area contributed by atoms with Crippen LogP contribution < -0.4 is 0 Å². The van der Waals surface area contributed by atoms with Crippen molar-refractivity contribution in [3.63, 3.8) is 0 Å². The summed E-state index contributed by atoms with van der Waals surface area (Å²) in [6, 6.07) is -0.177. The van der Waals surface area contributed by atoms with Crippen molar-refractivity contribution in [1.29, 1.82) is 0 Å². The van der Waals surface area contributed by atoms with Gasteiger partial charge in [0, 0.05) is 0 Å². The summed E-state index contributed by atoms with van der Waals surface area (Å²) in [5, 5.41) is -0.480. The summed E-state index contributed by atoms with van der Waals surface area (Å²) in [5.74, 6) is 0.521. The molecule has 0 aliphatic carbocycles. The monoisotopic (exact) mass is 193 g/mol. The van der Waals surface area contributed by atoms with Crippen LogP contribution in [0.2, 0.25) is 0 Å². The second-order valence-electron chi connectivity index (χ2n) is 2.31. The third kappa shape index (κ3) is 1.52. The summed E-state index contributed by atoms with van der Waals surface area (Å²) in [4.78, 5) is 15.8. The minimum atomic E-state index is -0.480. The van der Waals surface area contributed by atoms with Crippen LogP contribution in [-0.4, -0.2) is 15.8 Å². The number of nitrogens with zero attached hydrogens (tertiary/aromatic N) is 1. The summed E-state index contributed by atoms with van der Waals surface area (Å²) >= 11 is 9.26. The van der Waals surface area contributed by atoms with Gasteiger partial charge in [0.15, 0.2) is 0 Å². The molecule has 62 valence electrons. The SMILES string of the molecule is CC1=C(C(=O)Cl)C(C)N(S)O1. The van der Waals surface area contributed by atoms with E-state index in [0.717, 1.165) is 0 Å². The average molecular weight is 194 g/mol. The number of hydrogen-bond donors (Lipinski definition) is 1. The summed E-state index contributed by atoms with van der Waals surface area (Å²) in [6.07, 6.45) is 0. The zero-order chi connectivity index (χ0) is 8.59. The van der Waals surface area contributed by atoms with Gasteiger partial charge in [-0.2, -0.15) is 0 Å². The Morgan fingerprint density at radius 2 is 2.36 bits per heavy atom. The molecular weight excluding hydrogens is 186 g/mol. The molecule has 1 aliphatic rings. The molecule has 0 saturated carbocycles. The maximum absolute atomic E-state index is 10.8. The van der Waals surface area contributed by atoms with Crippen molar-refractivity contribution in [2.75, 3.05) is 0 Å². The normalized spacial score (nSPS) is 25.6. The number of halogens is 1. The summed E-state index contributed by atoms with van der Waals surface area (Å²) in [5.41, 5.74) is 0.474. The molecule has 11 heavy (non-hydrogen) atoms. The predicted molar refractivity (Wildman–Crippen MR) is 44.9 cm³/mol. The van der Waals surface area contributed by atoms with Gasteiger partial charge in [0.2, 0.25) is 0 Å². The predicted octanol–water partition coefficient (Wildman–Crippen LogP) is 1.51. The van der Waals surface area contributed by atoms with E-state index in [1.165, 1.54) is 4.47 Å². The van der Waals surface area contributed by atoms with E-state index in [2.05, 4.69) is 12.8 Å². The van der Waals surface area contributed by atoms with Crippen molar-refractivity contribution >= 4 is 29.7 Å². The molecule has 0 aromatic heterocycles. The maximum Gasteiger partial charge on any atom is 0.253 e. The number of carbonyl (C=O) groups excluding carboxylic acids is 1. The van der Waals surface area contributed by atoms with Crippen molar-refractivity contribution in [2.45, 2.75) is 19.9 Å². The number of hydrogen-bond acceptors (Lipinski definition) is 4. The van der Waals surface area contributed by atoms with E-state index in [4.69, 9.17) is 16.4 Å². The first kappa shape index (κ1) is 8.90. The minimum absolute atomic E-state index is 0.177. The van der Waals surface area contributed by atoms with E-state index in [0.29, 0.717) is 11.3 Å². The van der Waals surface area contributed by atoms with Crippen molar-refractivity contribution in [1.82, 2.24) is 4.47 Å². The Kier molecular flexibility index (Phi) is 2.47. The molecule has 0 aromatic rings. The molecule has 0 spiro atoms. The van der Waals surface area contributed by atoms with Crippen molar-refractivity contribution in [3.8, 4) is 0 Å². The van der Waals surface area contributed by atoms with Crippen molar-refractivity contribution in [2.24, 2.45) is 0 Å². The zero-order valence-corrected chi connectivity index (χ0v) is 7.82. The number of allylic oxidation sites excluding steroid dienone is 1. The highest BCUT2D eigenvalue weighted by Gasteiger charge is 2.31. The molecule has 0 amide bonds. The van der Waals surface area contributed by atoms with Crippen LogP contribution in [0.25, 0.3) is 0 Å². The molecule has 1 rings (SSSR count). The Balaban J connectivity index is 2.91. The molecule has 1 heterocycles. The number of thiol groups is 1. The minimum Gasteiger partial charge on any atom is -0.399 e. The smallest absolute Gasteiger partial charge is 0.253 e. The number of rotatable bonds is 1. The van der Waals surface area contributed by atoms with Crippen molar-refractivity contribution < 1.29 is 9.63 Å². The number of carbonyl (C=O) groups is 1. The molecule has 5 heteroatoms. The standard InChI is InChI=1S/C6H8ClNO2S/c1-3-5(6(7)9)4(2)10-8(3)11/h3,11H,1-2H3. The lowest BCUT2D eigenvalue weighted by molar-refractivity contribution is -0.108. The van der Waals surface area contributed by atoms with E-state index in [1.807, 2.05) is 0 Å². The molecule has 0 aromatic carbocycles. The van der Waals surface area contributed by atoms with Gasteiger partial charge < -0.3 is 4.84 Å². The molecule has 0 fully saturated rings. The van der Waals surface area contributed by atoms with E-state index in [9.17, 15) is 4.79 Å². The first-order valence-corrected chi connectivity index (χ1v) is 3.88. The Labute approximate surface area is 75.5 Å². The molecule has 1 aliphatic heterocycles. The second-order valence-corrected chi connectivity index (χ2v) is 3.05. The van der Waals surface area contributed by atoms with Crippen LogP contribution in [0.3, 0.4) is 0 Å². The summed E-state index contributed by atoms with van der Waals surface area (Å²) in [7, 11) is 0. The lowest BCUT2D eigenvalue weighted by Gasteiger charge is -2.11. The van der Waals surface area contributed by atoms with Crippen LogP contribution in [0, 0.1) is 0 Å². The molecular formula is C6H8ClNO2S. The lowest BCUT2D eigenvalue weighted by atomic mass is 10.1. The van der Waals surface area contributed by atoms with E-state index in [-0.39, 0.29) is 6.04 Å². The molecule has 0 N–H and O–H groups in total. The Bertz CT molecular complexity index is 229. The van der Waals surface area contributed by atoms with Gasteiger partial charge in [-0.05, 0) is 25.4 Å². The van der Waals surface area contributed by atoms with Gasteiger partial charge in [0.1, 0.15) is 5.76 Å². The number of hydroxylamine groups is 1. The molecule has 1 unspecified atom stereocenters. The average Bonchev–Trinajstić information content (AvgIpc) is 2.07. The highest BCUT2D eigenvalue weighted by atomic mass is 35.5. The van der Waals surface area contributed by atoms with E-state index < -0.39 is 5.24 Å². The van der Waals surface area contributed by atoms with Gasteiger partial charge in [-0.25, -0.2) is 0 Å². The van der Waals surface area contributed by atoms with Crippen LogP contribution in [0.5, 0.6) is 0 Å².